The van der Waals surface area contributed by atoms with Gasteiger partial charge in [0, 0.05) is 24.6 Å². The maximum Gasteiger partial charge on any atom is 0.433 e. The van der Waals surface area contributed by atoms with E-state index in [1.165, 1.54) is 12.5 Å². The van der Waals surface area contributed by atoms with Crippen LogP contribution in [-0.4, -0.2) is 16.6 Å². The summed E-state index contributed by atoms with van der Waals surface area (Å²) in [5, 5.41) is 13.3. The van der Waals surface area contributed by atoms with E-state index in [2.05, 4.69) is 5.32 Å². The third-order valence-electron chi connectivity index (χ3n) is 4.40. The highest BCUT2D eigenvalue weighted by atomic mass is 16.7. The molecule has 1 saturated carbocycles. The Hall–Kier alpha value is -3.03. The molecule has 1 spiro atoms. The first-order chi connectivity index (χ1) is 12.0. The topological polar surface area (TPSA) is 104 Å². The summed E-state index contributed by atoms with van der Waals surface area (Å²) in [6.45, 7) is 0. The van der Waals surface area contributed by atoms with E-state index in [1.54, 1.807) is 18.2 Å². The second-order valence-corrected chi connectivity index (χ2v) is 6.19. The SMILES string of the molecule is O=C(Nc1ccc2c(c1)OC1(CCCCC1)O2)c1ccc([N+](=O)[O-])o1. The molecule has 4 rings (SSSR count). The van der Waals surface area contributed by atoms with Crippen LogP contribution in [0.5, 0.6) is 11.5 Å². The Morgan fingerprint density at radius 1 is 1.08 bits per heavy atom. The van der Waals surface area contributed by atoms with Crippen molar-refractivity contribution in [1.29, 1.82) is 0 Å². The molecular weight excluding hydrogens is 328 g/mol. The molecule has 0 saturated heterocycles. The van der Waals surface area contributed by atoms with Crippen molar-refractivity contribution < 1.29 is 23.6 Å². The smallest absolute Gasteiger partial charge is 0.433 e. The third-order valence-corrected chi connectivity index (χ3v) is 4.40. The summed E-state index contributed by atoms with van der Waals surface area (Å²) >= 11 is 0. The van der Waals surface area contributed by atoms with E-state index in [4.69, 9.17) is 13.9 Å². The van der Waals surface area contributed by atoms with Crippen LogP contribution < -0.4 is 14.8 Å². The van der Waals surface area contributed by atoms with Gasteiger partial charge in [-0.2, -0.15) is 0 Å². The summed E-state index contributed by atoms with van der Waals surface area (Å²) in [6, 6.07) is 7.53. The Bertz CT molecular complexity index is 837. The van der Waals surface area contributed by atoms with Crippen LogP contribution in [0, 0.1) is 10.1 Å². The van der Waals surface area contributed by atoms with Gasteiger partial charge in [-0.05, 0) is 31.0 Å². The van der Waals surface area contributed by atoms with E-state index in [0.717, 1.165) is 31.7 Å². The van der Waals surface area contributed by atoms with Gasteiger partial charge in [-0.25, -0.2) is 0 Å². The molecule has 2 aliphatic rings. The standard InChI is InChI=1S/C17H16N2O6/c20-16(13-6-7-15(23-13)19(21)22)18-11-4-5-12-14(10-11)25-17(24-12)8-2-1-3-9-17/h4-7,10H,1-3,8-9H2,(H,18,20). The molecule has 8 heteroatoms. The molecule has 2 heterocycles. The van der Waals surface area contributed by atoms with Crippen LogP contribution in [0.4, 0.5) is 11.6 Å². The molecule has 1 aliphatic heterocycles. The lowest BCUT2D eigenvalue weighted by molar-refractivity contribution is -0.402. The number of carbonyl (C=O) groups excluding carboxylic acids is 1. The van der Waals surface area contributed by atoms with Crippen molar-refractivity contribution in [3.8, 4) is 11.5 Å². The van der Waals surface area contributed by atoms with Crippen LogP contribution in [0.25, 0.3) is 0 Å². The summed E-state index contributed by atoms with van der Waals surface area (Å²) in [7, 11) is 0. The number of hydrogen-bond acceptors (Lipinski definition) is 6. The van der Waals surface area contributed by atoms with E-state index in [0.29, 0.717) is 17.2 Å². The summed E-state index contributed by atoms with van der Waals surface area (Å²) < 4.78 is 16.9. The first-order valence-corrected chi connectivity index (χ1v) is 8.12. The minimum Gasteiger partial charge on any atom is -0.448 e. The van der Waals surface area contributed by atoms with E-state index in [1.807, 2.05) is 0 Å². The lowest BCUT2D eigenvalue weighted by Gasteiger charge is -2.31. The van der Waals surface area contributed by atoms with Gasteiger partial charge in [-0.3, -0.25) is 14.9 Å². The summed E-state index contributed by atoms with van der Waals surface area (Å²) in [5.41, 5.74) is 0.499. The minimum atomic E-state index is -0.693. The first kappa shape index (κ1) is 15.5. The number of benzene rings is 1. The van der Waals surface area contributed by atoms with E-state index in [9.17, 15) is 14.9 Å². The molecule has 1 aromatic carbocycles. The second-order valence-electron chi connectivity index (χ2n) is 6.19. The van der Waals surface area contributed by atoms with Gasteiger partial charge in [0.25, 0.3) is 11.7 Å². The Kier molecular flexibility index (Phi) is 3.60. The molecule has 1 amide bonds. The number of nitro groups is 1. The van der Waals surface area contributed by atoms with Crippen molar-refractivity contribution in [3.05, 3.63) is 46.2 Å². The number of nitrogens with zero attached hydrogens (tertiary/aromatic N) is 1. The first-order valence-electron chi connectivity index (χ1n) is 8.12. The van der Waals surface area contributed by atoms with Crippen LogP contribution in [0.15, 0.2) is 34.7 Å². The van der Waals surface area contributed by atoms with Gasteiger partial charge in [-0.1, -0.05) is 6.42 Å². The molecule has 1 N–H and O–H groups in total. The molecule has 25 heavy (non-hydrogen) atoms. The molecule has 8 nitrogen and oxygen atoms in total. The highest BCUT2D eigenvalue weighted by Crippen LogP contribution is 2.46. The van der Waals surface area contributed by atoms with Crippen LogP contribution in [0.2, 0.25) is 0 Å². The van der Waals surface area contributed by atoms with Gasteiger partial charge in [0.1, 0.15) is 4.92 Å². The number of hydrogen-bond donors (Lipinski definition) is 1. The van der Waals surface area contributed by atoms with Crippen molar-refractivity contribution in [3.63, 3.8) is 0 Å². The maximum atomic E-state index is 12.1. The predicted octanol–water partition coefficient (Wildman–Crippen LogP) is 3.87. The lowest BCUT2D eigenvalue weighted by atomic mass is 9.94. The number of furan rings is 1. The van der Waals surface area contributed by atoms with E-state index < -0.39 is 22.5 Å². The Morgan fingerprint density at radius 3 is 2.56 bits per heavy atom. The van der Waals surface area contributed by atoms with Crippen LogP contribution >= 0.6 is 0 Å². The van der Waals surface area contributed by atoms with Gasteiger partial charge in [0.2, 0.25) is 0 Å². The van der Waals surface area contributed by atoms with Crippen molar-refractivity contribution in [2.75, 3.05) is 5.32 Å². The number of nitrogens with one attached hydrogen (secondary N) is 1. The monoisotopic (exact) mass is 344 g/mol. The molecule has 1 aliphatic carbocycles. The number of amides is 1. The van der Waals surface area contributed by atoms with Crippen LogP contribution in [0.3, 0.4) is 0 Å². The molecule has 0 unspecified atom stereocenters. The van der Waals surface area contributed by atoms with Gasteiger partial charge in [0.15, 0.2) is 17.3 Å². The molecule has 0 atom stereocenters. The van der Waals surface area contributed by atoms with Gasteiger partial charge < -0.3 is 19.2 Å². The van der Waals surface area contributed by atoms with Gasteiger partial charge >= 0.3 is 5.88 Å². The molecule has 1 aromatic heterocycles. The number of carbonyl (C=O) groups is 1. The molecule has 0 radical (unpaired) electrons. The van der Waals surface area contributed by atoms with Crippen molar-refractivity contribution in [2.45, 2.75) is 37.9 Å². The average Bonchev–Trinajstić information content (AvgIpc) is 3.20. The highest BCUT2D eigenvalue weighted by Gasteiger charge is 2.42. The molecule has 0 bridgehead atoms. The molecule has 130 valence electrons. The average molecular weight is 344 g/mol. The van der Waals surface area contributed by atoms with Gasteiger partial charge in [0.05, 0.1) is 6.07 Å². The minimum absolute atomic E-state index is 0.131. The fourth-order valence-electron chi connectivity index (χ4n) is 3.21. The Labute approximate surface area is 142 Å². The van der Waals surface area contributed by atoms with E-state index in [-0.39, 0.29) is 5.76 Å². The van der Waals surface area contributed by atoms with E-state index >= 15 is 0 Å². The van der Waals surface area contributed by atoms with Crippen molar-refractivity contribution in [2.24, 2.45) is 0 Å². The number of rotatable bonds is 3. The van der Waals surface area contributed by atoms with Crippen molar-refractivity contribution in [1.82, 2.24) is 0 Å². The predicted molar refractivity (Wildman–Crippen MR) is 86.8 cm³/mol. The lowest BCUT2D eigenvalue weighted by Crippen LogP contribution is -2.40. The zero-order chi connectivity index (χ0) is 17.4. The summed E-state index contributed by atoms with van der Waals surface area (Å²) in [4.78, 5) is 22.1. The number of anilines is 1. The Morgan fingerprint density at radius 2 is 1.84 bits per heavy atom. The Balaban J connectivity index is 1.49. The van der Waals surface area contributed by atoms with Crippen LogP contribution in [-0.2, 0) is 0 Å². The van der Waals surface area contributed by atoms with Crippen LogP contribution in [0.1, 0.15) is 42.7 Å². The summed E-state index contributed by atoms with van der Waals surface area (Å²) in [6.07, 6.45) is 5.00. The zero-order valence-electron chi connectivity index (χ0n) is 13.3. The number of fused-ring (bicyclic) bond motifs is 1. The number of ether oxygens (including phenoxy) is 2. The zero-order valence-corrected chi connectivity index (χ0v) is 13.3. The molecular formula is C17H16N2O6. The van der Waals surface area contributed by atoms with Crippen molar-refractivity contribution >= 4 is 17.5 Å². The maximum absolute atomic E-state index is 12.1. The molecule has 1 fully saturated rings. The fraction of sp³-hybridized carbons (Fsp3) is 0.353. The third kappa shape index (κ3) is 2.90. The van der Waals surface area contributed by atoms with Gasteiger partial charge in [-0.15, -0.1) is 0 Å². The molecule has 2 aromatic rings. The summed E-state index contributed by atoms with van der Waals surface area (Å²) in [5.74, 6) is -0.508. The normalized spacial score (nSPS) is 17.4. The highest BCUT2D eigenvalue weighted by molar-refractivity contribution is 6.02. The fourth-order valence-corrected chi connectivity index (χ4v) is 3.21. The second kappa shape index (κ2) is 5.80. The quantitative estimate of drug-likeness (QED) is 0.669. The largest absolute Gasteiger partial charge is 0.448 e.